The van der Waals surface area contributed by atoms with Crippen molar-refractivity contribution in [1.82, 2.24) is 4.72 Å². The summed E-state index contributed by atoms with van der Waals surface area (Å²) in [7, 11) is -3.96. The predicted octanol–water partition coefficient (Wildman–Crippen LogP) is 1.61. The van der Waals surface area contributed by atoms with E-state index in [1.54, 1.807) is 0 Å². The summed E-state index contributed by atoms with van der Waals surface area (Å²) in [6, 6.07) is 2.40. The summed E-state index contributed by atoms with van der Waals surface area (Å²) in [5.41, 5.74) is 5.52. The van der Waals surface area contributed by atoms with Crippen molar-refractivity contribution in [2.75, 3.05) is 18.9 Å². The van der Waals surface area contributed by atoms with Gasteiger partial charge >= 0.3 is 0 Å². The maximum absolute atomic E-state index is 13.9. The monoisotopic (exact) mass is 366 g/mol. The fourth-order valence-electron chi connectivity index (χ4n) is 2.03. The summed E-state index contributed by atoms with van der Waals surface area (Å²) in [5, 5.41) is 8.95. The van der Waals surface area contributed by atoms with Crippen LogP contribution in [0.3, 0.4) is 0 Å². The molecule has 0 heterocycles. The lowest BCUT2D eigenvalue weighted by Crippen LogP contribution is -2.31. The summed E-state index contributed by atoms with van der Waals surface area (Å²) in [4.78, 5) is -0.468. The van der Waals surface area contributed by atoms with Gasteiger partial charge in [0.1, 0.15) is 4.90 Å². The van der Waals surface area contributed by atoms with Gasteiger partial charge in [-0.3, -0.25) is 0 Å². The van der Waals surface area contributed by atoms with E-state index in [4.69, 9.17) is 10.8 Å². The number of hydrogen-bond acceptors (Lipinski definition) is 4. The van der Waals surface area contributed by atoms with E-state index in [-0.39, 0.29) is 28.7 Å². The van der Waals surface area contributed by atoms with E-state index in [9.17, 15) is 12.8 Å². The number of aliphatic hydroxyl groups excluding tert-OH is 1. The number of benzene rings is 1. The van der Waals surface area contributed by atoms with E-state index in [2.05, 4.69) is 20.7 Å². The van der Waals surface area contributed by atoms with E-state index in [1.165, 1.54) is 6.07 Å². The van der Waals surface area contributed by atoms with Crippen LogP contribution in [0.5, 0.6) is 0 Å². The number of rotatable bonds is 6. The number of anilines is 1. The molecule has 0 spiro atoms. The second-order valence-electron chi connectivity index (χ2n) is 5.11. The Labute approximate surface area is 125 Å². The molecule has 0 aromatic heterocycles. The summed E-state index contributed by atoms with van der Waals surface area (Å²) in [6.07, 6.45) is 2.26. The summed E-state index contributed by atoms with van der Waals surface area (Å²) in [6.45, 7) is 0.210. The van der Waals surface area contributed by atoms with Crippen molar-refractivity contribution < 1.29 is 17.9 Å². The number of sulfonamides is 1. The van der Waals surface area contributed by atoms with Gasteiger partial charge in [0.2, 0.25) is 10.0 Å². The Bertz CT molecular complexity index is 617. The Morgan fingerprint density at radius 2 is 2.10 bits per heavy atom. The summed E-state index contributed by atoms with van der Waals surface area (Å²) in [5.74, 6) is -0.862. The number of nitrogen functional groups attached to an aromatic ring is 1. The van der Waals surface area contributed by atoms with E-state index in [1.807, 2.05) is 0 Å². The number of hydrogen-bond donors (Lipinski definition) is 3. The van der Waals surface area contributed by atoms with Gasteiger partial charge in [-0.2, -0.15) is 0 Å². The molecule has 1 aliphatic rings. The maximum Gasteiger partial charge on any atom is 0.243 e. The second kappa shape index (κ2) is 5.59. The zero-order valence-electron chi connectivity index (χ0n) is 10.7. The number of aliphatic hydroxyl groups is 1. The Morgan fingerprint density at radius 3 is 2.65 bits per heavy atom. The molecule has 1 aromatic carbocycles. The molecule has 4 N–H and O–H groups in total. The predicted molar refractivity (Wildman–Crippen MR) is 77.1 cm³/mol. The first kappa shape index (κ1) is 15.7. The van der Waals surface area contributed by atoms with Gasteiger partial charge in [0.05, 0.1) is 4.47 Å². The van der Waals surface area contributed by atoms with Gasteiger partial charge in [-0.1, -0.05) is 0 Å². The van der Waals surface area contributed by atoms with Gasteiger partial charge in [-0.15, -0.1) is 0 Å². The van der Waals surface area contributed by atoms with Crippen molar-refractivity contribution >= 4 is 31.6 Å². The third-order valence-electron chi connectivity index (χ3n) is 3.54. The van der Waals surface area contributed by atoms with Crippen LogP contribution in [0.2, 0.25) is 0 Å². The molecule has 0 atom stereocenters. The molecule has 112 valence electrons. The van der Waals surface area contributed by atoms with Gasteiger partial charge in [0.15, 0.2) is 5.82 Å². The standard InChI is InChI=1S/C12H16BrFN2O3S/c13-9-5-8(15)6-10(11(9)14)20(18,19)16-7-12(1-2-12)3-4-17/h5-6,16-17H,1-4,7,15H2. The lowest BCUT2D eigenvalue weighted by molar-refractivity contribution is 0.249. The van der Waals surface area contributed by atoms with Gasteiger partial charge in [0, 0.05) is 18.8 Å². The SMILES string of the molecule is Nc1cc(Br)c(F)c(S(=O)(=O)NCC2(CCO)CC2)c1. The lowest BCUT2D eigenvalue weighted by atomic mass is 10.0. The van der Waals surface area contributed by atoms with Crippen LogP contribution in [0, 0.1) is 11.2 Å². The molecule has 5 nitrogen and oxygen atoms in total. The van der Waals surface area contributed by atoms with Crippen LogP contribution in [0.1, 0.15) is 19.3 Å². The number of halogens is 2. The Balaban J connectivity index is 2.19. The average Bonchev–Trinajstić information content (AvgIpc) is 3.12. The van der Waals surface area contributed by atoms with Crippen molar-refractivity contribution in [2.45, 2.75) is 24.2 Å². The molecular weight excluding hydrogens is 351 g/mol. The van der Waals surface area contributed by atoms with Gasteiger partial charge < -0.3 is 10.8 Å². The largest absolute Gasteiger partial charge is 0.399 e. The molecule has 8 heteroatoms. The number of nitrogens with one attached hydrogen (secondary N) is 1. The van der Waals surface area contributed by atoms with Crippen molar-refractivity contribution in [1.29, 1.82) is 0 Å². The fraction of sp³-hybridized carbons (Fsp3) is 0.500. The molecule has 1 fully saturated rings. The van der Waals surface area contributed by atoms with Crippen molar-refractivity contribution in [3.8, 4) is 0 Å². The normalized spacial score (nSPS) is 17.1. The van der Waals surface area contributed by atoms with E-state index in [0.29, 0.717) is 6.42 Å². The molecule has 2 rings (SSSR count). The van der Waals surface area contributed by atoms with Crippen LogP contribution in [0.25, 0.3) is 0 Å². The number of nitrogens with two attached hydrogens (primary N) is 1. The fourth-order valence-corrected chi connectivity index (χ4v) is 3.93. The van der Waals surface area contributed by atoms with E-state index < -0.39 is 20.7 Å². The molecule has 0 radical (unpaired) electrons. The molecule has 0 unspecified atom stereocenters. The minimum atomic E-state index is -3.96. The molecule has 0 saturated heterocycles. The molecule has 1 saturated carbocycles. The molecular formula is C12H16BrFN2O3S. The average molecular weight is 367 g/mol. The second-order valence-corrected chi connectivity index (χ2v) is 7.70. The molecule has 0 bridgehead atoms. The quantitative estimate of drug-likeness (QED) is 0.666. The molecule has 1 aromatic rings. The van der Waals surface area contributed by atoms with E-state index in [0.717, 1.165) is 18.9 Å². The van der Waals surface area contributed by atoms with E-state index >= 15 is 0 Å². The third kappa shape index (κ3) is 3.30. The highest BCUT2D eigenvalue weighted by atomic mass is 79.9. The Kier molecular flexibility index (Phi) is 4.38. The van der Waals surface area contributed by atoms with Crippen LogP contribution in [0.15, 0.2) is 21.5 Å². The van der Waals surface area contributed by atoms with Crippen LogP contribution in [0.4, 0.5) is 10.1 Å². The van der Waals surface area contributed by atoms with Crippen molar-refractivity contribution in [3.05, 3.63) is 22.4 Å². The first-order chi connectivity index (χ1) is 9.30. The van der Waals surface area contributed by atoms with Crippen LogP contribution in [-0.4, -0.2) is 26.7 Å². The lowest BCUT2D eigenvalue weighted by Gasteiger charge is -2.15. The molecule has 0 amide bonds. The molecule has 0 aliphatic heterocycles. The molecule has 20 heavy (non-hydrogen) atoms. The van der Waals surface area contributed by atoms with Gasteiger partial charge in [0.25, 0.3) is 0 Å². The van der Waals surface area contributed by atoms with Crippen LogP contribution in [-0.2, 0) is 10.0 Å². The highest BCUT2D eigenvalue weighted by molar-refractivity contribution is 9.10. The zero-order valence-corrected chi connectivity index (χ0v) is 13.1. The van der Waals surface area contributed by atoms with Crippen molar-refractivity contribution in [3.63, 3.8) is 0 Å². The first-order valence-electron chi connectivity index (χ1n) is 6.15. The topological polar surface area (TPSA) is 92.4 Å². The molecule has 1 aliphatic carbocycles. The summed E-state index contributed by atoms with van der Waals surface area (Å²) >= 11 is 2.94. The maximum atomic E-state index is 13.9. The van der Waals surface area contributed by atoms with Crippen LogP contribution >= 0.6 is 15.9 Å². The van der Waals surface area contributed by atoms with Gasteiger partial charge in [-0.05, 0) is 52.7 Å². The Morgan fingerprint density at radius 1 is 1.45 bits per heavy atom. The minimum absolute atomic E-state index is 0.00867. The summed E-state index contributed by atoms with van der Waals surface area (Å²) < 4.78 is 40.6. The zero-order chi connectivity index (χ0) is 15.0. The first-order valence-corrected chi connectivity index (χ1v) is 8.42. The van der Waals surface area contributed by atoms with Crippen LogP contribution < -0.4 is 10.5 Å². The minimum Gasteiger partial charge on any atom is -0.399 e. The third-order valence-corrected chi connectivity index (χ3v) is 5.52. The van der Waals surface area contributed by atoms with Gasteiger partial charge in [-0.25, -0.2) is 17.5 Å². The van der Waals surface area contributed by atoms with Crippen molar-refractivity contribution in [2.24, 2.45) is 5.41 Å². The Hall–Kier alpha value is -0.700. The highest BCUT2D eigenvalue weighted by Gasteiger charge is 2.42. The smallest absolute Gasteiger partial charge is 0.243 e. The highest BCUT2D eigenvalue weighted by Crippen LogP contribution is 2.48.